The van der Waals surface area contributed by atoms with E-state index in [1.54, 1.807) is 0 Å². The van der Waals surface area contributed by atoms with Crippen molar-refractivity contribution in [2.75, 3.05) is 5.43 Å². The van der Waals surface area contributed by atoms with Crippen LogP contribution in [0.15, 0.2) is 17.5 Å². The molecule has 1 aliphatic heterocycles. The van der Waals surface area contributed by atoms with Crippen molar-refractivity contribution in [2.45, 2.75) is 6.42 Å². The Morgan fingerprint density at radius 2 is 2.23 bits per heavy atom. The van der Waals surface area contributed by atoms with Gasteiger partial charge in [-0.3, -0.25) is 10.4 Å². The maximum atomic E-state index is 10.5. The Morgan fingerprint density at radius 1 is 1.46 bits per heavy atom. The third kappa shape index (κ3) is 1.33. The topological polar surface area (TPSA) is 87.5 Å². The van der Waals surface area contributed by atoms with Crippen molar-refractivity contribution >= 4 is 17.5 Å². The molecule has 66 valence electrons. The maximum Gasteiger partial charge on any atom is 0.352 e. The van der Waals surface area contributed by atoms with E-state index in [1.807, 2.05) is 0 Å². The number of hydrogen-bond donors (Lipinski definition) is 2. The lowest BCUT2D eigenvalue weighted by atomic mass is 10.2. The maximum absolute atomic E-state index is 10.5. The normalized spacial score (nSPS) is 14.0. The molecular formula is C7H6N4O2. The molecule has 0 spiro atoms. The first-order chi connectivity index (χ1) is 6.27. The third-order valence-corrected chi connectivity index (χ3v) is 1.65. The summed E-state index contributed by atoms with van der Waals surface area (Å²) >= 11 is 0. The van der Waals surface area contributed by atoms with Gasteiger partial charge in [0.2, 0.25) is 0 Å². The van der Waals surface area contributed by atoms with Crippen molar-refractivity contribution in [3.63, 3.8) is 0 Å². The van der Waals surface area contributed by atoms with Gasteiger partial charge in [-0.2, -0.15) is 5.10 Å². The first-order valence-corrected chi connectivity index (χ1v) is 3.63. The van der Waals surface area contributed by atoms with Gasteiger partial charge in [0.25, 0.3) is 0 Å². The highest BCUT2D eigenvalue weighted by Crippen LogP contribution is 2.13. The quantitative estimate of drug-likeness (QED) is 0.626. The van der Waals surface area contributed by atoms with Crippen LogP contribution in [0.1, 0.15) is 5.69 Å². The zero-order valence-corrected chi connectivity index (χ0v) is 6.56. The third-order valence-electron chi connectivity index (χ3n) is 1.65. The van der Waals surface area contributed by atoms with Gasteiger partial charge in [-0.15, -0.1) is 0 Å². The van der Waals surface area contributed by atoms with Crippen molar-refractivity contribution in [3.05, 3.63) is 18.1 Å². The average molecular weight is 178 g/mol. The van der Waals surface area contributed by atoms with E-state index in [4.69, 9.17) is 5.11 Å². The predicted molar refractivity (Wildman–Crippen MR) is 44.4 cm³/mol. The van der Waals surface area contributed by atoms with Crippen molar-refractivity contribution < 1.29 is 9.90 Å². The van der Waals surface area contributed by atoms with Crippen LogP contribution in [0, 0.1) is 0 Å². The smallest absolute Gasteiger partial charge is 0.352 e. The molecule has 1 aromatic heterocycles. The molecule has 0 fully saturated rings. The number of hydrogen-bond acceptors (Lipinski definition) is 5. The number of nitrogens with one attached hydrogen (secondary N) is 1. The van der Waals surface area contributed by atoms with E-state index in [-0.39, 0.29) is 12.1 Å². The summed E-state index contributed by atoms with van der Waals surface area (Å²) in [4.78, 5) is 18.5. The fourth-order valence-corrected chi connectivity index (χ4v) is 1.03. The van der Waals surface area contributed by atoms with Crippen molar-refractivity contribution in [2.24, 2.45) is 5.10 Å². The minimum Gasteiger partial charge on any atom is -0.477 e. The predicted octanol–water partition coefficient (Wildman–Crippen LogP) is -0.115. The lowest BCUT2D eigenvalue weighted by molar-refractivity contribution is -0.129. The molecule has 2 heterocycles. The molecule has 0 radical (unpaired) electrons. The molecule has 2 rings (SSSR count). The van der Waals surface area contributed by atoms with Crippen LogP contribution in [0.25, 0.3) is 0 Å². The number of carboxylic acid groups (broad SMARTS) is 1. The molecule has 0 atom stereocenters. The highest BCUT2D eigenvalue weighted by Gasteiger charge is 2.18. The molecule has 2 N–H and O–H groups in total. The number of aromatic nitrogens is 2. The average Bonchev–Trinajstić information content (AvgIpc) is 2.17. The van der Waals surface area contributed by atoms with E-state index in [1.165, 1.54) is 12.4 Å². The van der Waals surface area contributed by atoms with Crippen LogP contribution >= 0.6 is 0 Å². The summed E-state index contributed by atoms with van der Waals surface area (Å²) in [5.74, 6) is -0.517. The first kappa shape index (κ1) is 7.66. The number of rotatable bonds is 1. The largest absolute Gasteiger partial charge is 0.477 e. The summed E-state index contributed by atoms with van der Waals surface area (Å²) in [5.41, 5.74) is 3.18. The molecule has 6 heteroatoms. The van der Waals surface area contributed by atoms with Crippen LogP contribution < -0.4 is 5.43 Å². The molecule has 1 aliphatic rings. The number of fused-ring (bicyclic) bond motifs is 1. The van der Waals surface area contributed by atoms with Gasteiger partial charge in [-0.1, -0.05) is 0 Å². The molecule has 13 heavy (non-hydrogen) atoms. The van der Waals surface area contributed by atoms with Crippen LogP contribution in [-0.2, 0) is 11.2 Å². The zero-order chi connectivity index (χ0) is 9.26. The standard InChI is InChI=1S/C7H6N4O2/c12-7(13)5-3-4-6(11-10-5)9-2-1-8-4/h1-2H,3H2,(H,9,11)(H,12,13). The van der Waals surface area contributed by atoms with Gasteiger partial charge >= 0.3 is 5.97 Å². The number of carboxylic acids is 1. The Morgan fingerprint density at radius 3 is 3.00 bits per heavy atom. The number of carbonyl (C=O) groups is 1. The number of nitrogens with zero attached hydrogens (tertiary/aromatic N) is 3. The summed E-state index contributed by atoms with van der Waals surface area (Å²) < 4.78 is 0. The summed E-state index contributed by atoms with van der Waals surface area (Å²) in [6, 6.07) is 0. The molecule has 0 aliphatic carbocycles. The van der Waals surface area contributed by atoms with Gasteiger partial charge in [0.1, 0.15) is 0 Å². The second-order valence-electron chi connectivity index (χ2n) is 2.50. The van der Waals surface area contributed by atoms with E-state index in [0.29, 0.717) is 11.5 Å². The van der Waals surface area contributed by atoms with Crippen LogP contribution in [0.4, 0.5) is 5.82 Å². The minimum atomic E-state index is -1.04. The molecule has 0 saturated heterocycles. The van der Waals surface area contributed by atoms with Crippen molar-refractivity contribution in [3.8, 4) is 0 Å². The highest BCUT2D eigenvalue weighted by atomic mass is 16.4. The van der Waals surface area contributed by atoms with Crippen molar-refractivity contribution in [1.29, 1.82) is 0 Å². The summed E-state index contributed by atoms with van der Waals surface area (Å²) in [6.45, 7) is 0. The van der Waals surface area contributed by atoms with Crippen LogP contribution in [0.2, 0.25) is 0 Å². The lowest BCUT2D eigenvalue weighted by Crippen LogP contribution is -2.23. The molecule has 0 unspecified atom stereocenters. The van der Waals surface area contributed by atoms with Gasteiger partial charge in [0.05, 0.1) is 5.69 Å². The van der Waals surface area contributed by atoms with E-state index < -0.39 is 5.97 Å². The zero-order valence-electron chi connectivity index (χ0n) is 6.56. The first-order valence-electron chi connectivity index (χ1n) is 3.63. The van der Waals surface area contributed by atoms with Gasteiger partial charge < -0.3 is 5.11 Å². The van der Waals surface area contributed by atoms with E-state index in [0.717, 1.165) is 0 Å². The Labute approximate surface area is 73.3 Å². The molecule has 0 aromatic carbocycles. The molecule has 6 nitrogen and oxygen atoms in total. The minimum absolute atomic E-state index is 0.0491. The molecule has 0 bridgehead atoms. The fraction of sp³-hybridized carbons (Fsp3) is 0.143. The van der Waals surface area contributed by atoms with Crippen LogP contribution in [-0.4, -0.2) is 26.8 Å². The molecule has 0 amide bonds. The lowest BCUT2D eigenvalue weighted by Gasteiger charge is -2.11. The summed E-state index contributed by atoms with van der Waals surface area (Å²) in [6.07, 6.45) is 3.25. The fourth-order valence-electron chi connectivity index (χ4n) is 1.03. The second-order valence-corrected chi connectivity index (χ2v) is 2.50. The van der Waals surface area contributed by atoms with Crippen molar-refractivity contribution in [1.82, 2.24) is 9.97 Å². The SMILES string of the molecule is O=C(O)C1=NNc2nccnc2C1. The van der Waals surface area contributed by atoms with Gasteiger partial charge in [-0.05, 0) is 0 Å². The van der Waals surface area contributed by atoms with Gasteiger partial charge in [0, 0.05) is 18.8 Å². The second kappa shape index (κ2) is 2.81. The van der Waals surface area contributed by atoms with Gasteiger partial charge in [0.15, 0.2) is 11.5 Å². The molecular weight excluding hydrogens is 172 g/mol. The Balaban J connectivity index is 2.33. The molecule has 0 saturated carbocycles. The number of aliphatic carboxylic acids is 1. The molecule has 1 aromatic rings. The van der Waals surface area contributed by atoms with Crippen LogP contribution in [0.5, 0.6) is 0 Å². The Bertz CT molecular complexity index is 388. The number of anilines is 1. The van der Waals surface area contributed by atoms with Crippen LogP contribution in [0.3, 0.4) is 0 Å². The summed E-state index contributed by atoms with van der Waals surface area (Å²) in [5, 5.41) is 12.3. The highest BCUT2D eigenvalue weighted by molar-refractivity contribution is 6.36. The van der Waals surface area contributed by atoms with E-state index in [2.05, 4.69) is 20.5 Å². The monoisotopic (exact) mass is 178 g/mol. The Kier molecular flexibility index (Phi) is 1.66. The number of hydrazone groups is 1. The van der Waals surface area contributed by atoms with E-state index >= 15 is 0 Å². The Hall–Kier alpha value is -1.98. The van der Waals surface area contributed by atoms with E-state index in [9.17, 15) is 4.79 Å². The summed E-state index contributed by atoms with van der Waals surface area (Å²) in [7, 11) is 0. The van der Waals surface area contributed by atoms with Gasteiger partial charge in [-0.25, -0.2) is 9.78 Å².